The summed E-state index contributed by atoms with van der Waals surface area (Å²) in [6.07, 6.45) is 0. The zero-order valence-electron chi connectivity index (χ0n) is 24.5. The number of alkyl halides is 1. The number of benzene rings is 1. The Bertz CT molecular complexity index is 1600. The van der Waals surface area contributed by atoms with Gasteiger partial charge in [-0.1, -0.05) is 19.0 Å². The van der Waals surface area contributed by atoms with Gasteiger partial charge in [-0.15, -0.1) is 22.9 Å². The Morgan fingerprint density at radius 2 is 1.87 bits per heavy atom. The zero-order chi connectivity index (χ0) is 33.0. The number of ether oxygens (including phenoxy) is 1. The van der Waals surface area contributed by atoms with E-state index in [1.807, 2.05) is 0 Å². The molecule has 1 saturated heterocycles. The first kappa shape index (κ1) is 38.0. The van der Waals surface area contributed by atoms with E-state index in [2.05, 4.69) is 20.8 Å². The molecule has 0 saturated carbocycles. The number of nitrogens with zero attached hydrogens (tertiary/aromatic N) is 4. The molecule has 0 aliphatic carbocycles. The minimum atomic E-state index is -5.15. The number of amides is 3. The Morgan fingerprint density at radius 3 is 2.40 bits per heavy atom. The first-order valence-corrected chi connectivity index (χ1v) is 15.3. The van der Waals surface area contributed by atoms with Crippen LogP contribution in [-0.2, 0) is 45.7 Å². The Balaban J connectivity index is 0.00000705. The summed E-state index contributed by atoms with van der Waals surface area (Å²) in [5.41, 5.74) is -2.24. The van der Waals surface area contributed by atoms with Crippen molar-refractivity contribution in [3.05, 3.63) is 51.0 Å². The van der Waals surface area contributed by atoms with Gasteiger partial charge in [0.05, 0.1) is 11.0 Å². The minimum absolute atomic E-state index is 0. The largest absolute Gasteiger partial charge is 1.00 e. The van der Waals surface area contributed by atoms with E-state index in [0.29, 0.717) is 5.56 Å². The molecule has 45 heavy (non-hydrogen) atoms. The summed E-state index contributed by atoms with van der Waals surface area (Å²) in [5.74, 6) is -4.70. The minimum Gasteiger partial charge on any atom is -0.731 e. The molecule has 17 nitrogen and oxygen atoms in total. The molecule has 3 rings (SSSR count). The van der Waals surface area contributed by atoms with Gasteiger partial charge in [-0.2, -0.15) is 0 Å². The second-order valence-corrected chi connectivity index (χ2v) is 12.4. The van der Waals surface area contributed by atoms with E-state index >= 15 is 0 Å². The van der Waals surface area contributed by atoms with Gasteiger partial charge in [0.15, 0.2) is 21.1 Å². The number of esters is 1. The van der Waals surface area contributed by atoms with Crippen molar-refractivity contribution in [3.63, 3.8) is 0 Å². The Hall–Kier alpha value is -3.20. The van der Waals surface area contributed by atoms with Crippen LogP contribution in [0.4, 0.5) is 10.8 Å². The standard InChI is InChI=1S/C24H27ClN6O11S2.Na/c1-12(2)19-18(21(34)30(19)44(38,39)40)28-20(33)17(15-11-43-23(26-15)27-16(32)9-25)29-42-24(3,4)22(35)41-10-13-5-7-14(8-6-13)31(36)37;/h5-8,11-12,18-19H,9-10H2,1-4H3,(H,28,33)(H,26,27,32)(H,38,39,40);/q;+1/p-1/b29-17-;/t18-,19+;/m1./s1. The molecule has 2 N–H and O–H groups in total. The predicted molar refractivity (Wildman–Crippen MR) is 153 cm³/mol. The van der Waals surface area contributed by atoms with Crippen LogP contribution in [0, 0.1) is 16.0 Å². The van der Waals surface area contributed by atoms with Gasteiger partial charge in [0.25, 0.3) is 17.5 Å². The van der Waals surface area contributed by atoms with Crippen LogP contribution < -0.4 is 40.2 Å². The number of β-lactam (4-membered cyclic amide) rings is 1. The quantitative estimate of drug-likeness (QED) is 0.0348. The fraction of sp³-hybridized carbons (Fsp3) is 0.417. The van der Waals surface area contributed by atoms with E-state index < -0.39 is 68.2 Å². The number of nitrogens with one attached hydrogen (secondary N) is 2. The molecule has 2 heterocycles. The number of thiazole rings is 1. The van der Waals surface area contributed by atoms with E-state index in [1.54, 1.807) is 13.8 Å². The van der Waals surface area contributed by atoms with Crippen LogP contribution in [0.2, 0.25) is 0 Å². The van der Waals surface area contributed by atoms with Gasteiger partial charge in [0.1, 0.15) is 24.2 Å². The van der Waals surface area contributed by atoms with E-state index in [0.717, 1.165) is 11.3 Å². The van der Waals surface area contributed by atoms with Gasteiger partial charge >= 0.3 is 35.5 Å². The van der Waals surface area contributed by atoms with Crippen LogP contribution in [0.1, 0.15) is 39.0 Å². The average molecular weight is 697 g/mol. The SMILES string of the molecule is CC(C)[C@H]1[C@@H](NC(=O)/C(=N\OC(C)(C)C(=O)OCc2ccc([N+](=O)[O-])cc2)c2csc(NC(=O)CCl)n2)C(=O)N1S(=O)(=O)[O-].[Na+]. The van der Waals surface area contributed by atoms with Crippen LogP contribution >= 0.6 is 22.9 Å². The van der Waals surface area contributed by atoms with Gasteiger partial charge in [-0.25, -0.2) is 22.5 Å². The molecule has 1 aromatic heterocycles. The molecular formula is C24H26ClN6NaO11S2. The topological polar surface area (TPSA) is 240 Å². The third-order valence-electron chi connectivity index (χ3n) is 6.01. The Kier molecular flexibility index (Phi) is 13.0. The van der Waals surface area contributed by atoms with E-state index in [-0.39, 0.29) is 62.9 Å². The van der Waals surface area contributed by atoms with Gasteiger partial charge in [0.2, 0.25) is 11.5 Å². The van der Waals surface area contributed by atoms with E-state index in [1.165, 1.54) is 43.5 Å². The zero-order valence-corrected chi connectivity index (χ0v) is 28.9. The molecule has 0 bridgehead atoms. The van der Waals surface area contributed by atoms with Gasteiger partial charge in [0, 0.05) is 17.5 Å². The van der Waals surface area contributed by atoms with Crippen LogP contribution in [0.25, 0.3) is 0 Å². The Morgan fingerprint density at radius 1 is 1.24 bits per heavy atom. The van der Waals surface area contributed by atoms with Crippen molar-refractivity contribution in [1.29, 1.82) is 0 Å². The smallest absolute Gasteiger partial charge is 0.731 e. The summed E-state index contributed by atoms with van der Waals surface area (Å²) in [6.45, 7) is 5.38. The van der Waals surface area contributed by atoms with Crippen molar-refractivity contribution < 1.29 is 76.2 Å². The third kappa shape index (κ3) is 9.41. The number of nitro benzene ring substituents is 1. The first-order valence-electron chi connectivity index (χ1n) is 12.5. The maximum absolute atomic E-state index is 13.3. The number of anilines is 1. The number of carbonyl (C=O) groups is 4. The predicted octanol–water partition coefficient (Wildman–Crippen LogP) is -1.71. The van der Waals surface area contributed by atoms with Crippen LogP contribution in [-0.4, -0.2) is 80.2 Å². The number of non-ortho nitro benzene ring substituents is 1. The molecule has 1 fully saturated rings. The summed E-state index contributed by atoms with van der Waals surface area (Å²) in [6, 6.07) is 2.67. The number of carbonyl (C=O) groups excluding carboxylic acids is 4. The second-order valence-electron chi connectivity index (χ2n) is 10.0. The molecule has 21 heteroatoms. The number of rotatable bonds is 13. The molecule has 0 radical (unpaired) electrons. The molecule has 0 spiro atoms. The van der Waals surface area contributed by atoms with Gasteiger partial charge in [-0.3, -0.25) is 24.5 Å². The van der Waals surface area contributed by atoms with Gasteiger partial charge in [-0.05, 0) is 37.5 Å². The van der Waals surface area contributed by atoms with Gasteiger partial charge < -0.3 is 24.8 Å². The summed E-state index contributed by atoms with van der Waals surface area (Å²) in [5, 5.41) is 20.7. The normalized spacial score (nSPS) is 16.7. The number of hydrogen-bond donors (Lipinski definition) is 2. The maximum Gasteiger partial charge on any atom is 1.00 e. The van der Waals surface area contributed by atoms with Crippen LogP contribution in [0.15, 0.2) is 34.8 Å². The summed E-state index contributed by atoms with van der Waals surface area (Å²) in [7, 11) is -5.15. The Labute approximate surface area is 288 Å². The number of nitro groups is 1. The fourth-order valence-corrected chi connectivity index (χ4v) is 5.56. The molecule has 2 atom stereocenters. The van der Waals surface area contributed by atoms with Crippen LogP contribution in [0.5, 0.6) is 0 Å². The molecule has 2 aromatic rings. The van der Waals surface area contributed by atoms with Crippen LogP contribution in [0.3, 0.4) is 0 Å². The van der Waals surface area contributed by atoms with Crippen molar-refractivity contribution in [1.82, 2.24) is 14.6 Å². The summed E-state index contributed by atoms with van der Waals surface area (Å²) >= 11 is 6.38. The van der Waals surface area contributed by atoms with Crippen molar-refractivity contribution in [2.75, 3.05) is 11.2 Å². The molecule has 3 amide bonds. The van der Waals surface area contributed by atoms with E-state index in [9.17, 15) is 42.3 Å². The average Bonchev–Trinajstić information content (AvgIpc) is 3.39. The van der Waals surface area contributed by atoms with Crippen molar-refractivity contribution in [2.24, 2.45) is 11.1 Å². The molecular weight excluding hydrogens is 671 g/mol. The van der Waals surface area contributed by atoms with E-state index in [4.69, 9.17) is 21.2 Å². The molecule has 1 aliphatic heterocycles. The monoisotopic (exact) mass is 696 g/mol. The first-order chi connectivity index (χ1) is 20.5. The third-order valence-corrected chi connectivity index (χ3v) is 7.92. The summed E-state index contributed by atoms with van der Waals surface area (Å²) < 4.78 is 40.1. The molecule has 1 aliphatic rings. The number of hydrogen-bond acceptors (Lipinski definition) is 14. The summed E-state index contributed by atoms with van der Waals surface area (Å²) in [4.78, 5) is 70.0. The van der Waals surface area contributed by atoms with Crippen molar-refractivity contribution >= 4 is 73.5 Å². The molecule has 238 valence electrons. The number of aromatic nitrogens is 1. The molecule has 1 aromatic carbocycles. The second kappa shape index (κ2) is 15.4. The molecule has 0 unspecified atom stereocenters. The number of halogens is 1. The van der Waals surface area contributed by atoms with Crippen molar-refractivity contribution in [2.45, 2.75) is 52.0 Å². The fourth-order valence-electron chi connectivity index (χ4n) is 3.79. The number of oxime groups is 1. The van der Waals surface area contributed by atoms with Crippen molar-refractivity contribution in [3.8, 4) is 0 Å². The maximum atomic E-state index is 13.3.